The Morgan fingerprint density at radius 2 is 2.06 bits per heavy atom. The quantitative estimate of drug-likeness (QED) is 0.745. The van der Waals surface area contributed by atoms with E-state index in [9.17, 15) is 0 Å². The Kier molecular flexibility index (Phi) is 3.25. The highest BCUT2D eigenvalue weighted by Crippen LogP contribution is 2.27. The van der Waals surface area contributed by atoms with Crippen molar-refractivity contribution >= 4 is 0 Å². The Morgan fingerprint density at radius 3 is 2.75 bits per heavy atom. The summed E-state index contributed by atoms with van der Waals surface area (Å²) in [6.45, 7) is 3.17. The van der Waals surface area contributed by atoms with E-state index in [4.69, 9.17) is 0 Å². The molecule has 0 amide bonds. The van der Waals surface area contributed by atoms with Crippen LogP contribution >= 0.6 is 0 Å². The van der Waals surface area contributed by atoms with Crippen LogP contribution in [0.2, 0.25) is 0 Å². The summed E-state index contributed by atoms with van der Waals surface area (Å²) in [5, 5.41) is 0. The fourth-order valence-corrected chi connectivity index (χ4v) is 2.12. The van der Waals surface area contributed by atoms with Gasteiger partial charge in [0, 0.05) is 12.5 Å². The smallest absolute Gasteiger partial charge is 0.0224 e. The first-order valence-electron chi connectivity index (χ1n) is 5.75. The maximum absolute atomic E-state index is 2.36. The summed E-state index contributed by atoms with van der Waals surface area (Å²) in [4.78, 5) is 2.20. The lowest BCUT2D eigenvalue weighted by Gasteiger charge is -2.09. The Labute approximate surface area is 98.1 Å². The molecule has 0 N–H and O–H groups in total. The number of likely N-dealkylation sites (N-methyl/N-ethyl adjacent to an activating group) is 1. The van der Waals surface area contributed by atoms with Crippen LogP contribution in [0.15, 0.2) is 48.1 Å². The molecule has 0 fully saturated rings. The average molecular weight is 213 g/mol. The zero-order valence-electron chi connectivity index (χ0n) is 10.3. The third-order valence-corrected chi connectivity index (χ3v) is 2.84. The lowest BCUT2D eigenvalue weighted by Crippen LogP contribution is -2.13. The third kappa shape index (κ3) is 2.61. The van der Waals surface area contributed by atoms with Gasteiger partial charge in [0.2, 0.25) is 0 Å². The van der Waals surface area contributed by atoms with E-state index in [2.05, 4.69) is 68.4 Å². The summed E-state index contributed by atoms with van der Waals surface area (Å²) in [7, 11) is 4.21. The number of nitrogens with zero attached hydrogens (tertiary/aromatic N) is 1. The molecule has 0 heterocycles. The molecular formula is C15H19N. The minimum Gasteiger partial charge on any atom is -0.305 e. The van der Waals surface area contributed by atoms with Gasteiger partial charge in [-0.05, 0) is 32.2 Å². The van der Waals surface area contributed by atoms with Crippen LogP contribution in [-0.4, -0.2) is 25.5 Å². The molecule has 2 rings (SSSR count). The van der Waals surface area contributed by atoms with Crippen molar-refractivity contribution in [2.24, 2.45) is 0 Å². The summed E-state index contributed by atoms with van der Waals surface area (Å²) in [5.74, 6) is 0.467. The molecule has 16 heavy (non-hydrogen) atoms. The molecule has 1 nitrogen and oxygen atoms in total. The van der Waals surface area contributed by atoms with Crippen molar-refractivity contribution in [3.8, 4) is 0 Å². The molecule has 0 bridgehead atoms. The van der Waals surface area contributed by atoms with Crippen molar-refractivity contribution in [2.45, 2.75) is 12.8 Å². The Morgan fingerprint density at radius 1 is 1.25 bits per heavy atom. The van der Waals surface area contributed by atoms with Gasteiger partial charge in [0.05, 0.1) is 0 Å². The van der Waals surface area contributed by atoms with E-state index in [-0.39, 0.29) is 0 Å². The molecule has 1 unspecified atom stereocenters. The van der Waals surface area contributed by atoms with Crippen molar-refractivity contribution in [2.75, 3.05) is 20.6 Å². The minimum absolute atomic E-state index is 0.467. The molecule has 0 saturated carbocycles. The first kappa shape index (κ1) is 11.2. The van der Waals surface area contributed by atoms with Gasteiger partial charge in [-0.25, -0.2) is 0 Å². The van der Waals surface area contributed by atoms with Crippen LogP contribution in [0.1, 0.15) is 17.0 Å². The van der Waals surface area contributed by atoms with Crippen LogP contribution in [0, 0.1) is 6.92 Å². The molecule has 1 heteroatoms. The maximum Gasteiger partial charge on any atom is 0.0224 e. The number of benzene rings is 1. The summed E-state index contributed by atoms with van der Waals surface area (Å²) < 4.78 is 0. The molecule has 1 aliphatic carbocycles. The van der Waals surface area contributed by atoms with Crippen LogP contribution in [-0.2, 0) is 0 Å². The highest BCUT2D eigenvalue weighted by atomic mass is 15.0. The van der Waals surface area contributed by atoms with Crippen LogP contribution in [0.5, 0.6) is 0 Å². The van der Waals surface area contributed by atoms with E-state index in [0.29, 0.717) is 5.92 Å². The zero-order chi connectivity index (χ0) is 11.5. The predicted molar refractivity (Wildman–Crippen MR) is 69.7 cm³/mol. The van der Waals surface area contributed by atoms with Crippen LogP contribution in [0.25, 0.3) is 0 Å². The lowest BCUT2D eigenvalue weighted by molar-refractivity contribution is 0.449. The number of hydrogen-bond donors (Lipinski definition) is 0. The van der Waals surface area contributed by atoms with Gasteiger partial charge in [-0.1, -0.05) is 48.1 Å². The highest BCUT2D eigenvalue weighted by molar-refractivity contribution is 5.41. The largest absolute Gasteiger partial charge is 0.305 e. The Hall–Kier alpha value is -1.34. The predicted octanol–water partition coefficient (Wildman–Crippen LogP) is 3.14. The molecule has 84 valence electrons. The second-order valence-corrected chi connectivity index (χ2v) is 4.78. The first-order valence-corrected chi connectivity index (χ1v) is 5.75. The minimum atomic E-state index is 0.467. The highest BCUT2D eigenvalue weighted by Gasteiger charge is 2.11. The molecule has 1 aliphatic rings. The monoisotopic (exact) mass is 213 g/mol. The second-order valence-electron chi connectivity index (χ2n) is 4.78. The number of rotatable bonds is 3. The van der Waals surface area contributed by atoms with E-state index >= 15 is 0 Å². The molecule has 0 spiro atoms. The van der Waals surface area contributed by atoms with Gasteiger partial charge >= 0.3 is 0 Å². The molecule has 0 radical (unpaired) electrons. The van der Waals surface area contributed by atoms with Crippen molar-refractivity contribution in [1.82, 2.24) is 4.90 Å². The van der Waals surface area contributed by atoms with Crippen molar-refractivity contribution in [3.05, 3.63) is 59.2 Å². The molecule has 0 aliphatic heterocycles. The van der Waals surface area contributed by atoms with Gasteiger partial charge in [-0.3, -0.25) is 0 Å². The van der Waals surface area contributed by atoms with Crippen molar-refractivity contribution in [3.63, 3.8) is 0 Å². The number of allylic oxidation sites excluding steroid dienone is 2. The normalized spacial score (nSPS) is 19.2. The maximum atomic E-state index is 2.36. The standard InChI is InChI=1S/C15H19N/c1-12-5-4-6-14(9-12)15-8-7-13(10-15)11-16(2)3/h4-10,15H,11H2,1-3H3. The molecule has 1 aromatic rings. The fraction of sp³-hybridized carbons (Fsp3) is 0.333. The lowest BCUT2D eigenvalue weighted by atomic mass is 9.99. The third-order valence-electron chi connectivity index (χ3n) is 2.84. The first-order chi connectivity index (χ1) is 7.65. The van der Waals surface area contributed by atoms with Gasteiger partial charge < -0.3 is 4.90 Å². The zero-order valence-corrected chi connectivity index (χ0v) is 10.3. The number of aryl methyl sites for hydroxylation is 1. The van der Waals surface area contributed by atoms with Crippen molar-refractivity contribution in [1.29, 1.82) is 0 Å². The van der Waals surface area contributed by atoms with Gasteiger partial charge in [-0.15, -0.1) is 0 Å². The molecule has 0 saturated heterocycles. The van der Waals surface area contributed by atoms with E-state index in [0.717, 1.165) is 6.54 Å². The van der Waals surface area contributed by atoms with Crippen molar-refractivity contribution < 1.29 is 0 Å². The van der Waals surface area contributed by atoms with E-state index in [1.54, 1.807) is 0 Å². The number of hydrogen-bond acceptors (Lipinski definition) is 1. The Balaban J connectivity index is 2.14. The molecular weight excluding hydrogens is 194 g/mol. The van der Waals surface area contributed by atoms with Gasteiger partial charge in [-0.2, -0.15) is 0 Å². The Bertz CT molecular complexity index is 427. The topological polar surface area (TPSA) is 3.24 Å². The van der Waals surface area contributed by atoms with Crippen LogP contribution in [0.4, 0.5) is 0 Å². The van der Waals surface area contributed by atoms with E-state index < -0.39 is 0 Å². The second kappa shape index (κ2) is 4.67. The SMILES string of the molecule is Cc1cccc(C2C=CC(CN(C)C)=C2)c1. The molecule has 1 aromatic carbocycles. The average Bonchev–Trinajstić information content (AvgIpc) is 2.65. The van der Waals surface area contributed by atoms with Gasteiger partial charge in [0.25, 0.3) is 0 Å². The summed E-state index contributed by atoms with van der Waals surface area (Å²) >= 11 is 0. The fourth-order valence-electron chi connectivity index (χ4n) is 2.12. The molecule has 1 atom stereocenters. The summed E-state index contributed by atoms with van der Waals surface area (Å²) in [6.07, 6.45) is 6.88. The van der Waals surface area contributed by atoms with E-state index in [1.807, 2.05) is 0 Å². The molecule has 0 aromatic heterocycles. The summed E-state index contributed by atoms with van der Waals surface area (Å²) in [5.41, 5.74) is 4.14. The van der Waals surface area contributed by atoms with Gasteiger partial charge in [0.1, 0.15) is 0 Å². The van der Waals surface area contributed by atoms with Crippen LogP contribution < -0.4 is 0 Å². The van der Waals surface area contributed by atoms with Gasteiger partial charge in [0.15, 0.2) is 0 Å². The van der Waals surface area contributed by atoms with E-state index in [1.165, 1.54) is 16.7 Å². The van der Waals surface area contributed by atoms with Crippen LogP contribution in [0.3, 0.4) is 0 Å². The summed E-state index contributed by atoms with van der Waals surface area (Å²) in [6, 6.07) is 8.75.